The summed E-state index contributed by atoms with van der Waals surface area (Å²) in [7, 11) is 0. The quantitative estimate of drug-likeness (QED) is 0.594. The zero-order valence-electron chi connectivity index (χ0n) is 18.1. The van der Waals surface area contributed by atoms with Crippen LogP contribution in [0.4, 0.5) is 0 Å². The number of hydrogen-bond donors (Lipinski definition) is 1. The fourth-order valence-electron chi connectivity index (χ4n) is 4.08. The monoisotopic (exact) mass is 431 g/mol. The summed E-state index contributed by atoms with van der Waals surface area (Å²) >= 11 is 0. The second kappa shape index (κ2) is 10.9. The molecule has 0 bridgehead atoms. The molecule has 2 aromatic carbocycles. The van der Waals surface area contributed by atoms with Crippen molar-refractivity contribution in [3.63, 3.8) is 0 Å². The predicted octanol–water partition coefficient (Wildman–Crippen LogP) is 2.80. The molecule has 1 fully saturated rings. The van der Waals surface area contributed by atoms with E-state index in [0.29, 0.717) is 25.4 Å². The Morgan fingerprint density at radius 2 is 1.44 bits per heavy atom. The zero-order chi connectivity index (χ0) is 22.2. The van der Waals surface area contributed by atoms with E-state index in [1.807, 2.05) is 65.6 Å². The average molecular weight is 432 g/mol. The van der Waals surface area contributed by atoms with Crippen molar-refractivity contribution in [3.05, 3.63) is 96.3 Å². The highest BCUT2D eigenvalue weighted by Gasteiger charge is 2.30. The van der Waals surface area contributed by atoms with Gasteiger partial charge in [-0.2, -0.15) is 0 Å². The Kier molecular flexibility index (Phi) is 7.48. The number of rotatable bonds is 8. The summed E-state index contributed by atoms with van der Waals surface area (Å²) in [6, 6.07) is 23.5. The van der Waals surface area contributed by atoms with Crippen molar-refractivity contribution >= 4 is 5.91 Å². The van der Waals surface area contributed by atoms with E-state index in [2.05, 4.69) is 9.88 Å². The lowest BCUT2D eigenvalue weighted by Crippen LogP contribution is -2.52. The van der Waals surface area contributed by atoms with E-state index in [1.54, 1.807) is 24.5 Å². The van der Waals surface area contributed by atoms with Crippen LogP contribution in [0, 0.1) is 0 Å². The molecule has 0 aliphatic carbocycles. The maximum atomic E-state index is 13.5. The standard InChI is InChI=1S/C26H29N3O3/c30-23(20-32-24-11-13-27-14-12-24)19-28-15-17-29(18-16-28)26(31)25(21-7-3-1-4-8-21)22-9-5-2-6-10-22/h1-14,23,25,30H,15-20H2. The van der Waals surface area contributed by atoms with Gasteiger partial charge < -0.3 is 14.7 Å². The summed E-state index contributed by atoms with van der Waals surface area (Å²) < 4.78 is 5.62. The van der Waals surface area contributed by atoms with E-state index in [0.717, 1.165) is 24.2 Å². The Hall–Kier alpha value is -3.22. The number of carbonyl (C=O) groups excluding carboxylic acids is 1. The molecule has 6 nitrogen and oxygen atoms in total. The van der Waals surface area contributed by atoms with E-state index in [1.165, 1.54) is 0 Å². The Bertz CT molecular complexity index is 922. The summed E-state index contributed by atoms with van der Waals surface area (Å²) in [5.74, 6) is 0.522. The number of aliphatic hydroxyl groups excluding tert-OH is 1. The first kappa shape index (κ1) is 22.0. The molecule has 2 heterocycles. The number of aliphatic hydroxyl groups is 1. The first-order valence-corrected chi connectivity index (χ1v) is 11.0. The molecule has 1 saturated heterocycles. The highest BCUT2D eigenvalue weighted by atomic mass is 16.5. The van der Waals surface area contributed by atoms with Crippen molar-refractivity contribution in [2.24, 2.45) is 0 Å². The number of hydrogen-bond acceptors (Lipinski definition) is 5. The molecule has 166 valence electrons. The van der Waals surface area contributed by atoms with E-state index in [9.17, 15) is 9.90 Å². The van der Waals surface area contributed by atoms with Gasteiger partial charge in [0.05, 0.1) is 5.92 Å². The summed E-state index contributed by atoms with van der Waals surface area (Å²) in [5.41, 5.74) is 2.02. The largest absolute Gasteiger partial charge is 0.491 e. The summed E-state index contributed by atoms with van der Waals surface area (Å²) in [6.07, 6.45) is 2.73. The number of piperazine rings is 1. The molecule has 0 spiro atoms. The van der Waals surface area contributed by atoms with Gasteiger partial charge in [0.25, 0.3) is 0 Å². The van der Waals surface area contributed by atoms with Gasteiger partial charge >= 0.3 is 0 Å². The SMILES string of the molecule is O=C(C(c1ccccc1)c1ccccc1)N1CCN(CC(O)COc2ccncc2)CC1. The Morgan fingerprint density at radius 3 is 2.00 bits per heavy atom. The Morgan fingerprint density at radius 1 is 0.875 bits per heavy atom. The van der Waals surface area contributed by atoms with Crippen molar-refractivity contribution in [3.8, 4) is 5.75 Å². The number of amides is 1. The summed E-state index contributed by atoms with van der Waals surface area (Å²) in [4.78, 5) is 21.6. The predicted molar refractivity (Wildman–Crippen MR) is 123 cm³/mol. The second-order valence-corrected chi connectivity index (χ2v) is 8.03. The van der Waals surface area contributed by atoms with Crippen LogP contribution in [0.15, 0.2) is 85.2 Å². The van der Waals surface area contributed by atoms with Crippen LogP contribution in [-0.4, -0.2) is 71.2 Å². The van der Waals surface area contributed by atoms with Crippen molar-refractivity contribution in [1.29, 1.82) is 0 Å². The number of aromatic nitrogens is 1. The second-order valence-electron chi connectivity index (χ2n) is 8.03. The molecule has 1 amide bonds. The Balaban J connectivity index is 1.33. The molecule has 6 heteroatoms. The van der Waals surface area contributed by atoms with Crippen LogP contribution in [-0.2, 0) is 4.79 Å². The minimum atomic E-state index is -0.591. The molecule has 1 N–H and O–H groups in total. The normalized spacial score (nSPS) is 15.5. The van der Waals surface area contributed by atoms with Gasteiger partial charge in [-0.05, 0) is 23.3 Å². The molecule has 0 saturated carbocycles. The Labute approximate surface area is 189 Å². The lowest BCUT2D eigenvalue weighted by Gasteiger charge is -2.37. The fraction of sp³-hybridized carbons (Fsp3) is 0.308. The number of pyridine rings is 1. The molecule has 1 aliphatic heterocycles. The highest BCUT2D eigenvalue weighted by molar-refractivity contribution is 5.87. The average Bonchev–Trinajstić information content (AvgIpc) is 2.85. The van der Waals surface area contributed by atoms with Gasteiger partial charge in [-0.15, -0.1) is 0 Å². The maximum absolute atomic E-state index is 13.5. The van der Waals surface area contributed by atoms with Gasteiger partial charge in [-0.25, -0.2) is 0 Å². The van der Waals surface area contributed by atoms with Gasteiger partial charge in [-0.1, -0.05) is 60.7 Å². The lowest BCUT2D eigenvalue weighted by molar-refractivity contribution is -0.133. The topological polar surface area (TPSA) is 65.9 Å². The van der Waals surface area contributed by atoms with E-state index in [-0.39, 0.29) is 18.4 Å². The third kappa shape index (κ3) is 5.72. The van der Waals surface area contributed by atoms with Gasteiger partial charge in [0.1, 0.15) is 18.5 Å². The number of benzene rings is 2. The van der Waals surface area contributed by atoms with Crippen molar-refractivity contribution in [2.75, 3.05) is 39.3 Å². The first-order chi connectivity index (χ1) is 15.7. The lowest BCUT2D eigenvalue weighted by atomic mass is 9.90. The molecule has 1 unspecified atom stereocenters. The molecule has 1 aromatic heterocycles. The van der Waals surface area contributed by atoms with E-state index < -0.39 is 6.10 Å². The molecule has 32 heavy (non-hydrogen) atoms. The molecule has 1 atom stereocenters. The van der Waals surface area contributed by atoms with Crippen LogP contribution in [0.2, 0.25) is 0 Å². The molecule has 3 aromatic rings. The maximum Gasteiger partial charge on any atom is 0.234 e. The van der Waals surface area contributed by atoms with Crippen molar-refractivity contribution in [2.45, 2.75) is 12.0 Å². The minimum absolute atomic E-state index is 0.128. The molecule has 0 radical (unpaired) electrons. The number of ether oxygens (including phenoxy) is 1. The zero-order valence-corrected chi connectivity index (χ0v) is 18.1. The molecular weight excluding hydrogens is 402 g/mol. The van der Waals surface area contributed by atoms with Crippen LogP contribution in [0.3, 0.4) is 0 Å². The van der Waals surface area contributed by atoms with Crippen LogP contribution >= 0.6 is 0 Å². The third-order valence-corrected chi connectivity index (χ3v) is 5.76. The first-order valence-electron chi connectivity index (χ1n) is 11.0. The van der Waals surface area contributed by atoms with Crippen molar-refractivity contribution < 1.29 is 14.6 Å². The van der Waals surface area contributed by atoms with Gasteiger partial charge in [0.15, 0.2) is 0 Å². The van der Waals surface area contributed by atoms with E-state index in [4.69, 9.17) is 4.74 Å². The molecular formula is C26H29N3O3. The highest BCUT2D eigenvalue weighted by Crippen LogP contribution is 2.27. The molecule has 1 aliphatic rings. The van der Waals surface area contributed by atoms with Crippen LogP contribution < -0.4 is 4.74 Å². The summed E-state index contributed by atoms with van der Waals surface area (Å²) in [6.45, 7) is 3.50. The minimum Gasteiger partial charge on any atom is -0.491 e. The summed E-state index contributed by atoms with van der Waals surface area (Å²) in [5, 5.41) is 10.4. The fourth-order valence-corrected chi connectivity index (χ4v) is 4.08. The van der Waals surface area contributed by atoms with Crippen LogP contribution in [0.25, 0.3) is 0 Å². The van der Waals surface area contributed by atoms with E-state index >= 15 is 0 Å². The third-order valence-electron chi connectivity index (χ3n) is 5.76. The van der Waals surface area contributed by atoms with Gasteiger partial charge in [-0.3, -0.25) is 14.7 Å². The van der Waals surface area contributed by atoms with Gasteiger partial charge in [0.2, 0.25) is 5.91 Å². The van der Waals surface area contributed by atoms with Crippen LogP contribution in [0.1, 0.15) is 17.0 Å². The molecule has 4 rings (SSSR count). The smallest absolute Gasteiger partial charge is 0.234 e. The van der Waals surface area contributed by atoms with Gasteiger partial charge in [0, 0.05) is 45.1 Å². The number of nitrogens with zero attached hydrogens (tertiary/aromatic N) is 3. The van der Waals surface area contributed by atoms with Crippen LogP contribution in [0.5, 0.6) is 5.75 Å². The van der Waals surface area contributed by atoms with Crippen molar-refractivity contribution in [1.82, 2.24) is 14.8 Å². The number of carbonyl (C=O) groups is 1. The number of β-amino-alcohol motifs (C(OH)–C–C–N with tert-alkyl or cyclic N) is 1.